The van der Waals surface area contributed by atoms with Crippen molar-refractivity contribution in [1.29, 1.82) is 0 Å². The van der Waals surface area contributed by atoms with E-state index in [2.05, 4.69) is 21.2 Å². The van der Waals surface area contributed by atoms with E-state index in [9.17, 15) is 4.79 Å². The molecule has 136 valence electrons. The maximum absolute atomic E-state index is 12.5. The van der Waals surface area contributed by atoms with Crippen LogP contribution in [-0.2, 0) is 0 Å². The second-order valence-corrected chi connectivity index (χ2v) is 6.70. The van der Waals surface area contributed by atoms with Crippen LogP contribution in [0.3, 0.4) is 0 Å². The summed E-state index contributed by atoms with van der Waals surface area (Å²) in [5.74, 6) is 1.46. The molecule has 0 aliphatic heterocycles. The molecule has 1 saturated carbocycles. The van der Waals surface area contributed by atoms with Crippen LogP contribution in [0.15, 0.2) is 16.6 Å². The highest BCUT2D eigenvalue weighted by Gasteiger charge is 2.28. The Hall–Kier alpha value is -0.980. The third kappa shape index (κ3) is 5.01. The summed E-state index contributed by atoms with van der Waals surface area (Å²) in [6.07, 6.45) is 4.09. The van der Waals surface area contributed by atoms with Crippen LogP contribution in [0, 0.1) is 5.92 Å². The first-order valence-corrected chi connectivity index (χ1v) is 8.91. The van der Waals surface area contributed by atoms with Crippen molar-refractivity contribution in [3.63, 3.8) is 0 Å². The third-order valence-electron chi connectivity index (χ3n) is 4.22. The van der Waals surface area contributed by atoms with Crippen molar-refractivity contribution >= 4 is 34.2 Å². The fraction of sp³-hybridized carbons (Fsp3) is 0.588. The Labute approximate surface area is 158 Å². The normalized spacial score (nSPS) is 19.5. The Morgan fingerprint density at radius 1 is 1.42 bits per heavy atom. The molecule has 5 nitrogen and oxygen atoms in total. The minimum Gasteiger partial charge on any atom is -0.493 e. The van der Waals surface area contributed by atoms with E-state index < -0.39 is 0 Å². The standard InChI is InChI=1S/C17H25BrN2O3.ClH/c1-3-7-23-16-13(18)8-12(9-15(16)22-2)17(21)20-14-6-4-5-11(14)10-19;/h8-9,11,14H,3-7,10,19H2,1-2H3,(H,20,21);1H. The fourth-order valence-corrected chi connectivity index (χ4v) is 3.51. The molecule has 0 radical (unpaired) electrons. The average molecular weight is 422 g/mol. The molecule has 0 saturated heterocycles. The zero-order chi connectivity index (χ0) is 16.8. The highest BCUT2D eigenvalue weighted by atomic mass is 79.9. The molecule has 24 heavy (non-hydrogen) atoms. The van der Waals surface area contributed by atoms with Gasteiger partial charge >= 0.3 is 0 Å². The number of rotatable bonds is 7. The predicted molar refractivity (Wildman–Crippen MR) is 101 cm³/mol. The summed E-state index contributed by atoms with van der Waals surface area (Å²) in [5, 5.41) is 3.10. The van der Waals surface area contributed by atoms with E-state index in [0.717, 1.165) is 30.2 Å². The number of hydrogen-bond donors (Lipinski definition) is 2. The molecule has 7 heteroatoms. The molecule has 2 unspecified atom stereocenters. The van der Waals surface area contributed by atoms with Crippen LogP contribution in [0.1, 0.15) is 43.0 Å². The quantitative estimate of drug-likeness (QED) is 0.706. The number of halogens is 2. The van der Waals surface area contributed by atoms with Crippen molar-refractivity contribution in [3.8, 4) is 11.5 Å². The molecule has 1 aliphatic rings. The number of ether oxygens (including phenoxy) is 2. The molecule has 1 fully saturated rings. The lowest BCUT2D eigenvalue weighted by atomic mass is 10.0. The first-order valence-electron chi connectivity index (χ1n) is 8.12. The maximum atomic E-state index is 12.5. The van der Waals surface area contributed by atoms with Crippen LogP contribution >= 0.6 is 28.3 Å². The van der Waals surface area contributed by atoms with Crippen molar-refractivity contribution in [2.75, 3.05) is 20.3 Å². The van der Waals surface area contributed by atoms with Crippen molar-refractivity contribution in [2.24, 2.45) is 11.7 Å². The van der Waals surface area contributed by atoms with Crippen LogP contribution in [0.2, 0.25) is 0 Å². The number of amides is 1. The molecular formula is C17H26BrClN2O3. The van der Waals surface area contributed by atoms with Crippen LogP contribution < -0.4 is 20.5 Å². The lowest BCUT2D eigenvalue weighted by Gasteiger charge is -2.20. The largest absolute Gasteiger partial charge is 0.493 e. The van der Waals surface area contributed by atoms with Crippen molar-refractivity contribution in [2.45, 2.75) is 38.6 Å². The summed E-state index contributed by atoms with van der Waals surface area (Å²) in [6.45, 7) is 3.25. The zero-order valence-electron chi connectivity index (χ0n) is 14.1. The lowest BCUT2D eigenvalue weighted by molar-refractivity contribution is 0.0928. The van der Waals surface area contributed by atoms with Gasteiger partial charge in [-0.25, -0.2) is 0 Å². The number of methoxy groups -OCH3 is 1. The molecule has 1 amide bonds. The number of carbonyl (C=O) groups is 1. The van der Waals surface area contributed by atoms with Gasteiger partial charge in [-0.15, -0.1) is 12.4 Å². The van der Waals surface area contributed by atoms with E-state index in [-0.39, 0.29) is 24.4 Å². The van der Waals surface area contributed by atoms with Gasteiger partial charge in [0.05, 0.1) is 18.2 Å². The highest BCUT2D eigenvalue weighted by Crippen LogP contribution is 2.37. The van der Waals surface area contributed by atoms with Gasteiger partial charge in [0.1, 0.15) is 0 Å². The average Bonchev–Trinajstić information content (AvgIpc) is 3.00. The Kier molecular flexibility index (Phi) is 8.87. The van der Waals surface area contributed by atoms with E-state index in [1.54, 1.807) is 19.2 Å². The van der Waals surface area contributed by atoms with Gasteiger partial charge in [-0.1, -0.05) is 13.3 Å². The van der Waals surface area contributed by atoms with Gasteiger partial charge in [-0.05, 0) is 59.8 Å². The van der Waals surface area contributed by atoms with E-state index >= 15 is 0 Å². The second kappa shape index (κ2) is 10.1. The van der Waals surface area contributed by atoms with E-state index in [1.165, 1.54) is 0 Å². The summed E-state index contributed by atoms with van der Waals surface area (Å²) in [6, 6.07) is 3.65. The second-order valence-electron chi connectivity index (χ2n) is 5.84. The summed E-state index contributed by atoms with van der Waals surface area (Å²) < 4.78 is 11.8. The van der Waals surface area contributed by atoms with Gasteiger partial charge in [-0.2, -0.15) is 0 Å². The van der Waals surface area contributed by atoms with Crippen molar-refractivity contribution < 1.29 is 14.3 Å². The Bertz CT molecular complexity index is 557. The minimum atomic E-state index is -0.101. The minimum absolute atomic E-state index is 0. The van der Waals surface area contributed by atoms with Gasteiger partial charge in [-0.3, -0.25) is 4.79 Å². The first-order chi connectivity index (χ1) is 11.1. The summed E-state index contributed by atoms with van der Waals surface area (Å²) >= 11 is 3.47. The smallest absolute Gasteiger partial charge is 0.251 e. The highest BCUT2D eigenvalue weighted by molar-refractivity contribution is 9.10. The Morgan fingerprint density at radius 3 is 2.79 bits per heavy atom. The number of nitrogens with one attached hydrogen (secondary N) is 1. The van der Waals surface area contributed by atoms with Gasteiger partial charge in [0.2, 0.25) is 0 Å². The molecule has 0 heterocycles. The number of benzene rings is 1. The summed E-state index contributed by atoms with van der Waals surface area (Å²) in [5.41, 5.74) is 6.34. The van der Waals surface area contributed by atoms with Crippen molar-refractivity contribution in [3.05, 3.63) is 22.2 Å². The lowest BCUT2D eigenvalue weighted by Crippen LogP contribution is -2.39. The zero-order valence-corrected chi connectivity index (χ0v) is 16.5. The third-order valence-corrected chi connectivity index (χ3v) is 4.81. The van der Waals surface area contributed by atoms with Crippen LogP contribution in [0.4, 0.5) is 0 Å². The van der Waals surface area contributed by atoms with Gasteiger partial charge in [0.25, 0.3) is 5.91 Å². The Balaban J connectivity index is 0.00000288. The van der Waals surface area contributed by atoms with E-state index in [4.69, 9.17) is 15.2 Å². The molecule has 3 N–H and O–H groups in total. The molecule has 1 aromatic carbocycles. The first kappa shape index (κ1) is 21.1. The molecule has 1 aliphatic carbocycles. The Morgan fingerprint density at radius 2 is 2.17 bits per heavy atom. The molecular weight excluding hydrogens is 396 g/mol. The topological polar surface area (TPSA) is 73.6 Å². The molecule has 0 aromatic heterocycles. The van der Waals surface area contributed by atoms with Crippen LogP contribution in [0.5, 0.6) is 11.5 Å². The van der Waals surface area contributed by atoms with Gasteiger partial charge in [0.15, 0.2) is 11.5 Å². The molecule has 1 aromatic rings. The molecule has 0 bridgehead atoms. The summed E-state index contributed by atoms with van der Waals surface area (Å²) in [4.78, 5) is 12.5. The fourth-order valence-electron chi connectivity index (χ4n) is 2.96. The number of carbonyl (C=O) groups excluding carboxylic acids is 1. The molecule has 2 rings (SSSR count). The SMILES string of the molecule is CCCOc1c(Br)cc(C(=O)NC2CCCC2CN)cc1OC.Cl. The predicted octanol–water partition coefficient (Wildman–Crippen LogP) is 3.53. The summed E-state index contributed by atoms with van der Waals surface area (Å²) in [7, 11) is 1.57. The van der Waals surface area contributed by atoms with Crippen LogP contribution in [0.25, 0.3) is 0 Å². The van der Waals surface area contributed by atoms with E-state index in [1.807, 2.05) is 6.92 Å². The monoisotopic (exact) mass is 420 g/mol. The van der Waals surface area contributed by atoms with Crippen molar-refractivity contribution in [1.82, 2.24) is 5.32 Å². The van der Waals surface area contributed by atoms with Crippen LogP contribution in [-0.4, -0.2) is 32.2 Å². The maximum Gasteiger partial charge on any atom is 0.251 e. The molecule has 2 atom stereocenters. The van der Waals surface area contributed by atoms with Gasteiger partial charge < -0.3 is 20.5 Å². The number of hydrogen-bond acceptors (Lipinski definition) is 4. The van der Waals surface area contributed by atoms with Gasteiger partial charge in [0, 0.05) is 11.6 Å². The molecule has 0 spiro atoms. The van der Waals surface area contributed by atoms with E-state index in [0.29, 0.717) is 36.1 Å². The number of nitrogens with two attached hydrogens (primary N) is 1.